The van der Waals surface area contributed by atoms with Crippen LogP contribution in [-0.4, -0.2) is 35.9 Å². The molecule has 0 aliphatic carbocycles. The van der Waals surface area contributed by atoms with E-state index in [0.29, 0.717) is 0 Å². The largest absolute Gasteiger partial charge is 0.393 e. The molecular formula is C6H12N2O. The Labute approximate surface area is 54.8 Å². The van der Waals surface area contributed by atoms with Crippen molar-refractivity contribution < 1.29 is 5.11 Å². The molecule has 0 aromatic heterocycles. The summed E-state index contributed by atoms with van der Waals surface area (Å²) in [7, 11) is 0. The SMILES string of the molecule is NC(CO)N1CC=CC1. The van der Waals surface area contributed by atoms with Crippen molar-refractivity contribution in [3.63, 3.8) is 0 Å². The molecule has 1 atom stereocenters. The number of hydrogen-bond acceptors (Lipinski definition) is 3. The Hall–Kier alpha value is -0.380. The minimum absolute atomic E-state index is 0.0433. The molecule has 3 heteroatoms. The quantitative estimate of drug-likeness (QED) is 0.475. The zero-order valence-electron chi connectivity index (χ0n) is 5.33. The maximum Gasteiger partial charge on any atom is 0.0815 e. The van der Waals surface area contributed by atoms with Gasteiger partial charge >= 0.3 is 0 Å². The Balaban J connectivity index is 2.27. The van der Waals surface area contributed by atoms with Gasteiger partial charge in [-0.25, -0.2) is 0 Å². The van der Waals surface area contributed by atoms with Crippen LogP contribution in [0.25, 0.3) is 0 Å². The van der Waals surface area contributed by atoms with Gasteiger partial charge in [0.15, 0.2) is 0 Å². The number of nitrogens with two attached hydrogens (primary N) is 1. The predicted molar refractivity (Wildman–Crippen MR) is 35.8 cm³/mol. The second kappa shape index (κ2) is 2.96. The maximum absolute atomic E-state index is 8.60. The molecule has 3 nitrogen and oxygen atoms in total. The molecule has 1 aliphatic rings. The molecule has 1 aliphatic heterocycles. The second-order valence-corrected chi connectivity index (χ2v) is 2.18. The molecule has 0 fully saturated rings. The van der Waals surface area contributed by atoms with Crippen LogP contribution in [0.1, 0.15) is 0 Å². The molecule has 1 rings (SSSR count). The van der Waals surface area contributed by atoms with Crippen molar-refractivity contribution in [3.8, 4) is 0 Å². The molecule has 0 saturated heterocycles. The lowest BCUT2D eigenvalue weighted by Gasteiger charge is -2.20. The van der Waals surface area contributed by atoms with E-state index in [1.807, 2.05) is 4.90 Å². The fourth-order valence-corrected chi connectivity index (χ4v) is 0.881. The Morgan fingerprint density at radius 2 is 2.11 bits per heavy atom. The summed E-state index contributed by atoms with van der Waals surface area (Å²) < 4.78 is 0. The molecule has 1 unspecified atom stereocenters. The van der Waals surface area contributed by atoms with E-state index in [0.717, 1.165) is 13.1 Å². The number of rotatable bonds is 2. The van der Waals surface area contributed by atoms with Crippen molar-refractivity contribution in [1.82, 2.24) is 4.90 Å². The van der Waals surface area contributed by atoms with Crippen molar-refractivity contribution in [3.05, 3.63) is 12.2 Å². The molecule has 0 saturated carbocycles. The fourth-order valence-electron chi connectivity index (χ4n) is 0.881. The van der Waals surface area contributed by atoms with Crippen molar-refractivity contribution in [2.24, 2.45) is 5.73 Å². The van der Waals surface area contributed by atoms with Gasteiger partial charge in [0.1, 0.15) is 0 Å². The normalized spacial score (nSPS) is 22.9. The Morgan fingerprint density at radius 1 is 1.56 bits per heavy atom. The predicted octanol–water partition coefficient (Wildman–Crippen LogP) is -0.865. The molecule has 0 amide bonds. The van der Waals surface area contributed by atoms with Gasteiger partial charge in [-0.05, 0) is 0 Å². The van der Waals surface area contributed by atoms with Crippen molar-refractivity contribution in [2.75, 3.05) is 19.7 Å². The summed E-state index contributed by atoms with van der Waals surface area (Å²) in [4.78, 5) is 2.00. The summed E-state index contributed by atoms with van der Waals surface area (Å²) in [6.07, 6.45) is 3.92. The number of hydrogen-bond donors (Lipinski definition) is 2. The first-order chi connectivity index (χ1) is 4.34. The maximum atomic E-state index is 8.60. The molecule has 0 spiro atoms. The monoisotopic (exact) mass is 128 g/mol. The van der Waals surface area contributed by atoms with Crippen LogP contribution >= 0.6 is 0 Å². The van der Waals surface area contributed by atoms with E-state index in [1.54, 1.807) is 0 Å². The molecule has 52 valence electrons. The minimum atomic E-state index is -0.181. The summed E-state index contributed by atoms with van der Waals surface area (Å²) in [5.41, 5.74) is 5.51. The van der Waals surface area contributed by atoms with Crippen LogP contribution in [0.3, 0.4) is 0 Å². The van der Waals surface area contributed by atoms with Gasteiger partial charge in [0.2, 0.25) is 0 Å². The average molecular weight is 128 g/mol. The molecule has 9 heavy (non-hydrogen) atoms. The Kier molecular flexibility index (Phi) is 2.22. The highest BCUT2D eigenvalue weighted by molar-refractivity contribution is 4.96. The summed E-state index contributed by atoms with van der Waals surface area (Å²) >= 11 is 0. The van der Waals surface area contributed by atoms with Crippen LogP contribution < -0.4 is 5.73 Å². The van der Waals surface area contributed by atoms with Gasteiger partial charge in [-0.2, -0.15) is 0 Å². The summed E-state index contributed by atoms with van der Waals surface area (Å²) in [6.45, 7) is 1.80. The number of aliphatic hydroxyl groups is 1. The summed E-state index contributed by atoms with van der Waals surface area (Å²) in [6, 6.07) is 0. The zero-order valence-corrected chi connectivity index (χ0v) is 5.33. The van der Waals surface area contributed by atoms with E-state index in [-0.39, 0.29) is 12.8 Å². The van der Waals surface area contributed by atoms with Crippen LogP contribution in [0, 0.1) is 0 Å². The van der Waals surface area contributed by atoms with Gasteiger partial charge in [-0.1, -0.05) is 12.2 Å². The van der Waals surface area contributed by atoms with Crippen molar-refractivity contribution >= 4 is 0 Å². The smallest absolute Gasteiger partial charge is 0.0815 e. The highest BCUT2D eigenvalue weighted by Crippen LogP contribution is 1.99. The van der Waals surface area contributed by atoms with Crippen LogP contribution in [0.5, 0.6) is 0 Å². The first kappa shape index (κ1) is 6.74. The number of nitrogens with zero attached hydrogens (tertiary/aromatic N) is 1. The van der Waals surface area contributed by atoms with Crippen LogP contribution in [-0.2, 0) is 0 Å². The molecule has 3 N–H and O–H groups in total. The highest BCUT2D eigenvalue weighted by Gasteiger charge is 2.12. The Bertz CT molecular complexity index is 106. The van der Waals surface area contributed by atoms with E-state index in [1.165, 1.54) is 0 Å². The second-order valence-electron chi connectivity index (χ2n) is 2.18. The van der Waals surface area contributed by atoms with E-state index >= 15 is 0 Å². The topological polar surface area (TPSA) is 49.5 Å². The van der Waals surface area contributed by atoms with E-state index in [9.17, 15) is 0 Å². The molecule has 1 heterocycles. The zero-order chi connectivity index (χ0) is 6.69. The average Bonchev–Trinajstić information content (AvgIpc) is 2.37. The van der Waals surface area contributed by atoms with Crippen LogP contribution in [0.2, 0.25) is 0 Å². The van der Waals surface area contributed by atoms with E-state index < -0.39 is 0 Å². The van der Waals surface area contributed by atoms with Gasteiger partial charge in [-0.15, -0.1) is 0 Å². The minimum Gasteiger partial charge on any atom is -0.393 e. The lowest BCUT2D eigenvalue weighted by atomic mass is 10.4. The van der Waals surface area contributed by atoms with Crippen molar-refractivity contribution in [1.29, 1.82) is 0 Å². The third kappa shape index (κ3) is 1.51. The fraction of sp³-hybridized carbons (Fsp3) is 0.667. The van der Waals surface area contributed by atoms with Gasteiger partial charge in [-0.3, -0.25) is 4.90 Å². The number of aliphatic hydroxyl groups excluding tert-OH is 1. The molecule has 0 radical (unpaired) electrons. The van der Waals surface area contributed by atoms with E-state index in [4.69, 9.17) is 10.8 Å². The molecular weight excluding hydrogens is 116 g/mol. The van der Waals surface area contributed by atoms with Crippen LogP contribution in [0.4, 0.5) is 0 Å². The lowest BCUT2D eigenvalue weighted by Crippen LogP contribution is -2.42. The lowest BCUT2D eigenvalue weighted by molar-refractivity contribution is 0.155. The summed E-state index contributed by atoms with van der Waals surface area (Å²) in [5, 5.41) is 8.60. The third-order valence-corrected chi connectivity index (χ3v) is 1.50. The highest BCUT2D eigenvalue weighted by atomic mass is 16.3. The summed E-state index contributed by atoms with van der Waals surface area (Å²) in [5.74, 6) is 0. The van der Waals surface area contributed by atoms with Gasteiger partial charge in [0, 0.05) is 13.1 Å². The van der Waals surface area contributed by atoms with Crippen LogP contribution in [0.15, 0.2) is 12.2 Å². The molecule has 0 bridgehead atoms. The Morgan fingerprint density at radius 3 is 2.56 bits per heavy atom. The first-order valence-corrected chi connectivity index (χ1v) is 3.10. The van der Waals surface area contributed by atoms with E-state index in [2.05, 4.69) is 12.2 Å². The van der Waals surface area contributed by atoms with Gasteiger partial charge in [0.25, 0.3) is 0 Å². The molecule has 0 aromatic rings. The first-order valence-electron chi connectivity index (χ1n) is 3.10. The molecule has 0 aromatic carbocycles. The third-order valence-electron chi connectivity index (χ3n) is 1.50. The van der Waals surface area contributed by atoms with Crippen molar-refractivity contribution in [2.45, 2.75) is 6.17 Å². The van der Waals surface area contributed by atoms with Gasteiger partial charge < -0.3 is 10.8 Å². The standard InChI is InChI=1S/C6H12N2O/c7-6(5-9)8-3-1-2-4-8/h1-2,6,9H,3-5,7H2. The van der Waals surface area contributed by atoms with Gasteiger partial charge in [0.05, 0.1) is 12.8 Å².